The fraction of sp³-hybridized carbons (Fsp3) is 1.00. The Morgan fingerprint density at radius 3 is 0.750 bits per heavy atom. The third kappa shape index (κ3) is 254. The topological polar surface area (TPSA) is 71.5 Å². The molecule has 0 aliphatic heterocycles. The average molecular weight is 67.2 g/mol. The first-order valence-corrected chi connectivity index (χ1v) is 0. The highest BCUT2D eigenvalue weighted by atomic mass is 14.0. The molecule has 0 aromatic rings. The van der Waals surface area contributed by atoms with Gasteiger partial charge in [-0.2, -0.15) is 0 Å². The van der Waals surface area contributed by atoms with Crippen molar-refractivity contribution >= 4 is 0 Å². The lowest BCUT2D eigenvalue weighted by Gasteiger charge is -0.369. The van der Waals surface area contributed by atoms with Crippen molar-refractivity contribution in [3.8, 4) is 0 Å². The van der Waals surface area contributed by atoms with E-state index in [0.29, 0.717) is 0 Å². The maximum absolute atomic E-state index is 0. The zero-order valence-corrected chi connectivity index (χ0v) is 1.71. The second kappa shape index (κ2) is 1680. The zero-order chi connectivity index (χ0) is 0. The molecule has 2 nitrogen and oxygen atoms in total. The van der Waals surface area contributed by atoms with E-state index in [2.05, 4.69) is 0 Å². The molecule has 0 bridgehead atoms. The van der Waals surface area contributed by atoms with Crippen LogP contribution in [0.5, 0.6) is 0 Å². The minimum absolute atomic E-state index is 0. The first-order chi connectivity index (χ1) is 0. The molecule has 0 aliphatic carbocycles. The minimum atomic E-state index is 0. The number of hydrogen-bond acceptors (Lipinski definition) is 1. The first kappa shape index (κ1) is 5220. The van der Waals surface area contributed by atoms with E-state index in [1.165, 1.54) is 0 Å². The summed E-state index contributed by atoms with van der Waals surface area (Å²) in [5, 5.41) is 0. The molecule has 7 N–H and O–H groups in total. The van der Waals surface area contributed by atoms with E-state index in [1.54, 1.807) is 0 Å². The van der Waals surface area contributed by atoms with Crippen LogP contribution in [0.1, 0.15) is 14.9 Å². The molecule has 0 rings (SSSR count). The Hall–Kier alpha value is -0.0800. The molecule has 0 unspecified atom stereocenters. The third-order valence-corrected chi connectivity index (χ3v) is 0. The minimum Gasteiger partial charge on any atom is -0.369 e. The predicted octanol–water partition coefficient (Wildman–Crippen LogP) is 1.81. The summed E-state index contributed by atoms with van der Waals surface area (Å²) in [5.74, 6) is 0. The fourth-order valence-corrected chi connectivity index (χ4v) is 0. The summed E-state index contributed by atoms with van der Waals surface area (Å²) in [6.45, 7) is 0. The molecule has 0 spiro atoms. The molecule has 0 atom stereocenters. The molecule has 0 aromatic heterocycles. The number of rotatable bonds is 0. The van der Waals surface area contributed by atoms with Gasteiger partial charge < -0.3 is 12.3 Å². The van der Waals surface area contributed by atoms with Gasteiger partial charge in [-0.3, -0.25) is 0 Å². The summed E-state index contributed by atoms with van der Waals surface area (Å²) in [5.41, 5.74) is 0. The predicted molar refractivity (Wildman–Crippen MR) is 24.5 cm³/mol. The quantitative estimate of drug-likeness (QED) is 0.445. The van der Waals surface area contributed by atoms with Crippen LogP contribution in [0, 0.1) is 0 Å². The highest BCUT2D eigenvalue weighted by molar-refractivity contribution is 2.50. The summed E-state index contributed by atoms with van der Waals surface area (Å²) in [6.07, 6.45) is 0. The van der Waals surface area contributed by atoms with Gasteiger partial charge in [0.05, 0.1) is 0 Å². The molecule has 0 radical (unpaired) electrons. The normalized spacial score (nSPS) is 0. The Morgan fingerprint density at radius 2 is 0.750 bits per heavy atom. The van der Waals surface area contributed by atoms with Gasteiger partial charge in [-0.1, -0.05) is 14.9 Å². The van der Waals surface area contributed by atoms with Gasteiger partial charge in [0.15, 0.2) is 0 Å². The Labute approximate surface area is 28.4 Å². The molecular formula is C2H15N2+. The van der Waals surface area contributed by atoms with E-state index in [0.717, 1.165) is 0 Å². The highest BCUT2D eigenvalue weighted by Crippen LogP contribution is 0.145. The number of hydrogen-bond donors (Lipinski definition) is 2. The largest absolute Gasteiger partial charge is 0.369 e. The first-order valence-electron chi connectivity index (χ1n) is 0. The van der Waals surface area contributed by atoms with Gasteiger partial charge in [-0.15, -0.1) is 0 Å². The van der Waals surface area contributed by atoms with E-state index in [-0.39, 0.29) is 27.2 Å². The van der Waals surface area contributed by atoms with Crippen LogP contribution in [0.25, 0.3) is 0 Å². The van der Waals surface area contributed by atoms with Gasteiger partial charge in [-0.05, 0) is 0 Å². The van der Waals surface area contributed by atoms with E-state index >= 15 is 0 Å². The molecule has 4 heavy (non-hydrogen) atoms. The van der Waals surface area contributed by atoms with Crippen LogP contribution in [-0.4, -0.2) is 0 Å². The average Bonchev–Trinajstić information content (AvgIpc) is 0. The van der Waals surface area contributed by atoms with Crippen LogP contribution >= 0.6 is 0 Å². The molecule has 0 amide bonds. The van der Waals surface area contributed by atoms with Gasteiger partial charge in [0, 0.05) is 0 Å². The summed E-state index contributed by atoms with van der Waals surface area (Å²) in [7, 11) is 0. The molecule has 2 heteroatoms. The summed E-state index contributed by atoms with van der Waals surface area (Å²) >= 11 is 0. The second-order valence-electron chi connectivity index (χ2n) is 0. The SMILES string of the molecule is C.C.N.[NH4+]. The Balaban J connectivity index is 0. The molecule has 0 aromatic carbocycles. The molecule has 32 valence electrons. The molecule has 0 fully saturated rings. The van der Waals surface area contributed by atoms with Crippen LogP contribution in [0.2, 0.25) is 0 Å². The maximum Gasteiger partial charge on any atom is -0.0776 e. The van der Waals surface area contributed by atoms with Gasteiger partial charge in [0.25, 0.3) is 0 Å². The third-order valence-electron chi connectivity index (χ3n) is 0. The highest BCUT2D eigenvalue weighted by Gasteiger charge is -0.0765. The van der Waals surface area contributed by atoms with Crippen molar-refractivity contribution in [1.29, 1.82) is 0 Å². The number of quaternary nitrogens is 1. The Bertz CT molecular complexity index is 4.00. The van der Waals surface area contributed by atoms with Crippen molar-refractivity contribution < 1.29 is 0 Å². The monoisotopic (exact) mass is 67.1 g/mol. The van der Waals surface area contributed by atoms with Crippen molar-refractivity contribution in [3.63, 3.8) is 0 Å². The van der Waals surface area contributed by atoms with Crippen molar-refractivity contribution in [2.45, 2.75) is 14.9 Å². The lowest BCUT2D eigenvalue weighted by Crippen LogP contribution is -0.482. The Morgan fingerprint density at radius 1 is 0.750 bits per heavy atom. The van der Waals surface area contributed by atoms with E-state index in [1.807, 2.05) is 0 Å². The van der Waals surface area contributed by atoms with E-state index in [4.69, 9.17) is 0 Å². The standard InChI is InChI=1S/2CH4.2H3N/h2*1H4;2*1H3/p+1. The second-order valence-corrected chi connectivity index (χ2v) is 0. The van der Waals surface area contributed by atoms with Crippen LogP contribution in [0.4, 0.5) is 0 Å². The van der Waals surface area contributed by atoms with Gasteiger partial charge in [0.1, 0.15) is 0 Å². The fourth-order valence-electron chi connectivity index (χ4n) is 0. The molecule has 0 aliphatic rings. The lowest BCUT2D eigenvalue weighted by atomic mass is 12.0. The molecule has 0 saturated heterocycles. The van der Waals surface area contributed by atoms with E-state index < -0.39 is 0 Å². The van der Waals surface area contributed by atoms with Crippen LogP contribution in [-0.2, 0) is 0 Å². The van der Waals surface area contributed by atoms with Crippen molar-refractivity contribution in [3.05, 3.63) is 0 Å². The summed E-state index contributed by atoms with van der Waals surface area (Å²) in [4.78, 5) is 0. The van der Waals surface area contributed by atoms with Gasteiger partial charge >= 0.3 is 0 Å². The van der Waals surface area contributed by atoms with Gasteiger partial charge in [-0.25, -0.2) is 0 Å². The molecule has 0 heterocycles. The van der Waals surface area contributed by atoms with E-state index in [9.17, 15) is 0 Å². The smallest absolute Gasteiger partial charge is 0.0776 e. The zero-order valence-electron chi connectivity index (χ0n) is 1.71. The van der Waals surface area contributed by atoms with Crippen LogP contribution in [0.15, 0.2) is 0 Å². The van der Waals surface area contributed by atoms with Crippen molar-refractivity contribution in [1.82, 2.24) is 12.3 Å². The maximum atomic E-state index is 0. The summed E-state index contributed by atoms with van der Waals surface area (Å²) < 4.78 is 0. The van der Waals surface area contributed by atoms with Crippen LogP contribution < -0.4 is 12.3 Å². The Kier molecular flexibility index (Phi) is 2200000. The lowest BCUT2D eigenvalue weighted by molar-refractivity contribution is 2.13. The molecule has 0 saturated carbocycles. The molecular weight excluding hydrogens is 52.0 g/mol. The van der Waals surface area contributed by atoms with Crippen LogP contribution in [0.3, 0.4) is 0 Å². The van der Waals surface area contributed by atoms with Crippen molar-refractivity contribution in [2.24, 2.45) is 0 Å². The summed E-state index contributed by atoms with van der Waals surface area (Å²) in [6, 6.07) is 0. The van der Waals surface area contributed by atoms with Gasteiger partial charge in [0.2, 0.25) is 0 Å². The van der Waals surface area contributed by atoms with Crippen molar-refractivity contribution in [2.75, 3.05) is 0 Å².